The molecule has 6 nitrogen and oxygen atoms in total. The van der Waals surface area contributed by atoms with Crippen molar-refractivity contribution in [3.05, 3.63) is 47.0 Å². The molecule has 0 spiro atoms. The van der Waals surface area contributed by atoms with Crippen molar-refractivity contribution in [3.63, 3.8) is 0 Å². The van der Waals surface area contributed by atoms with Crippen LogP contribution < -0.4 is 0 Å². The van der Waals surface area contributed by atoms with Crippen LogP contribution in [0.3, 0.4) is 0 Å². The number of aliphatic hydroxyl groups excluding tert-OH is 2. The predicted molar refractivity (Wildman–Crippen MR) is 83.9 cm³/mol. The third-order valence-corrected chi connectivity index (χ3v) is 4.87. The molecule has 7 heteroatoms. The molecule has 0 saturated carbocycles. The number of rotatable bonds is 4. The van der Waals surface area contributed by atoms with Gasteiger partial charge < -0.3 is 25.2 Å². The van der Waals surface area contributed by atoms with E-state index in [1.165, 1.54) is 11.3 Å². The highest BCUT2D eigenvalue weighted by Crippen LogP contribution is 2.31. The van der Waals surface area contributed by atoms with Crippen molar-refractivity contribution in [2.45, 2.75) is 30.8 Å². The number of carboxylic acids is 1. The molecule has 3 atom stereocenters. The van der Waals surface area contributed by atoms with E-state index in [1.807, 2.05) is 30.3 Å². The van der Waals surface area contributed by atoms with Gasteiger partial charge in [-0.1, -0.05) is 18.2 Å². The van der Waals surface area contributed by atoms with Gasteiger partial charge in [0.15, 0.2) is 5.60 Å². The lowest BCUT2D eigenvalue weighted by Gasteiger charge is -2.32. The number of hydrogen-bond acceptors (Lipinski definition) is 6. The zero-order chi connectivity index (χ0) is 16.6. The van der Waals surface area contributed by atoms with Crippen LogP contribution in [0.2, 0.25) is 0 Å². The molecule has 0 radical (unpaired) electrons. The lowest BCUT2D eigenvalue weighted by atomic mass is 9.86. The number of hydrogen-bond donors (Lipinski definition) is 4. The lowest BCUT2D eigenvalue weighted by Crippen LogP contribution is -2.48. The van der Waals surface area contributed by atoms with Crippen LogP contribution in [-0.4, -0.2) is 44.2 Å². The summed E-state index contributed by atoms with van der Waals surface area (Å²) in [6, 6.07) is 9.74. The van der Waals surface area contributed by atoms with Crippen molar-refractivity contribution in [2.75, 3.05) is 0 Å². The molecule has 0 fully saturated rings. The molecular weight excluding hydrogens is 320 g/mol. The molecule has 0 bridgehead atoms. The normalized spacial score (nSPS) is 27.7. The zero-order valence-corrected chi connectivity index (χ0v) is 12.9. The quantitative estimate of drug-likeness (QED) is 0.669. The standard InChI is InChI=1S/C16H16O6S/c17-11-6-16(21,15(19)20)7-12(14(11)18)22-8-10-5-9-3-1-2-4-13(9)23-10/h1-5,7,11,14,17-18,21H,6,8H2,(H,19,20)/t11-,14+,16-/m1/s1. The number of thiophene rings is 1. The average molecular weight is 336 g/mol. The second kappa shape index (κ2) is 5.93. The second-order valence-corrected chi connectivity index (χ2v) is 6.70. The van der Waals surface area contributed by atoms with Gasteiger partial charge in [0.25, 0.3) is 0 Å². The maximum atomic E-state index is 11.1. The van der Waals surface area contributed by atoms with Gasteiger partial charge in [-0.2, -0.15) is 0 Å². The molecule has 1 heterocycles. The molecule has 2 aromatic rings. The van der Waals surface area contributed by atoms with E-state index < -0.39 is 30.2 Å². The van der Waals surface area contributed by atoms with E-state index in [4.69, 9.17) is 9.84 Å². The molecule has 0 saturated heterocycles. The largest absolute Gasteiger partial charge is 0.490 e. The molecule has 1 aliphatic rings. The first-order valence-electron chi connectivity index (χ1n) is 7.04. The molecule has 1 aromatic heterocycles. The Kier molecular flexibility index (Phi) is 4.11. The molecule has 1 aliphatic carbocycles. The maximum absolute atomic E-state index is 11.1. The van der Waals surface area contributed by atoms with E-state index in [0.29, 0.717) is 0 Å². The van der Waals surface area contributed by atoms with Crippen LogP contribution in [0.1, 0.15) is 11.3 Å². The Balaban J connectivity index is 1.80. The zero-order valence-electron chi connectivity index (χ0n) is 12.0. The molecule has 122 valence electrons. The summed E-state index contributed by atoms with van der Waals surface area (Å²) in [5.41, 5.74) is -2.24. The van der Waals surface area contributed by atoms with E-state index in [1.54, 1.807) is 0 Å². The Bertz CT molecular complexity index is 734. The van der Waals surface area contributed by atoms with Crippen LogP contribution in [0.25, 0.3) is 10.1 Å². The summed E-state index contributed by atoms with van der Waals surface area (Å²) < 4.78 is 6.55. The number of ether oxygens (including phenoxy) is 1. The summed E-state index contributed by atoms with van der Waals surface area (Å²) in [6.45, 7) is 0.116. The van der Waals surface area contributed by atoms with Crippen LogP contribution in [0, 0.1) is 0 Å². The van der Waals surface area contributed by atoms with Crippen LogP contribution in [0.15, 0.2) is 42.2 Å². The molecule has 0 unspecified atom stereocenters. The number of benzene rings is 1. The van der Waals surface area contributed by atoms with Crippen molar-refractivity contribution < 1.29 is 30.0 Å². The number of fused-ring (bicyclic) bond motifs is 1. The van der Waals surface area contributed by atoms with E-state index in [-0.39, 0.29) is 12.4 Å². The minimum atomic E-state index is -2.24. The van der Waals surface area contributed by atoms with Crippen molar-refractivity contribution in [3.8, 4) is 0 Å². The van der Waals surface area contributed by atoms with Crippen molar-refractivity contribution in [1.29, 1.82) is 0 Å². The Morgan fingerprint density at radius 3 is 2.78 bits per heavy atom. The van der Waals surface area contributed by atoms with Crippen molar-refractivity contribution >= 4 is 27.4 Å². The van der Waals surface area contributed by atoms with Crippen LogP contribution >= 0.6 is 11.3 Å². The molecule has 4 N–H and O–H groups in total. The predicted octanol–water partition coefficient (Wildman–Crippen LogP) is 1.24. The van der Waals surface area contributed by atoms with E-state index in [0.717, 1.165) is 21.0 Å². The number of aliphatic carboxylic acids is 1. The minimum Gasteiger partial charge on any atom is -0.490 e. The second-order valence-electron chi connectivity index (χ2n) is 5.53. The number of aliphatic hydroxyl groups is 3. The van der Waals surface area contributed by atoms with Gasteiger partial charge in [-0.25, -0.2) is 4.79 Å². The highest BCUT2D eigenvalue weighted by atomic mass is 32.1. The first-order chi connectivity index (χ1) is 10.9. The molecule has 0 amide bonds. The summed E-state index contributed by atoms with van der Waals surface area (Å²) in [5, 5.41) is 39.8. The van der Waals surface area contributed by atoms with E-state index in [2.05, 4.69) is 0 Å². The summed E-state index contributed by atoms with van der Waals surface area (Å²) in [6.07, 6.45) is -2.29. The molecular formula is C16H16O6S. The molecule has 1 aromatic carbocycles. The third kappa shape index (κ3) is 3.09. The first-order valence-corrected chi connectivity index (χ1v) is 7.85. The fourth-order valence-corrected chi connectivity index (χ4v) is 3.52. The summed E-state index contributed by atoms with van der Waals surface area (Å²) in [5.74, 6) is -1.63. The van der Waals surface area contributed by atoms with Crippen LogP contribution in [0.5, 0.6) is 0 Å². The third-order valence-electron chi connectivity index (χ3n) is 3.79. The Morgan fingerprint density at radius 2 is 2.09 bits per heavy atom. The number of carbonyl (C=O) groups is 1. The summed E-state index contributed by atoms with van der Waals surface area (Å²) >= 11 is 1.52. The smallest absolute Gasteiger partial charge is 0.340 e. The summed E-state index contributed by atoms with van der Waals surface area (Å²) in [7, 11) is 0. The Labute approximate surface area is 135 Å². The van der Waals surface area contributed by atoms with Gasteiger partial charge >= 0.3 is 5.97 Å². The number of carboxylic acid groups (broad SMARTS) is 1. The van der Waals surface area contributed by atoms with Gasteiger partial charge in [0, 0.05) is 16.0 Å². The minimum absolute atomic E-state index is 0.116. The average Bonchev–Trinajstić information content (AvgIpc) is 2.92. The lowest BCUT2D eigenvalue weighted by molar-refractivity contribution is -0.160. The Morgan fingerprint density at radius 1 is 1.35 bits per heavy atom. The van der Waals surface area contributed by atoms with Gasteiger partial charge in [0.05, 0.1) is 6.10 Å². The molecule has 23 heavy (non-hydrogen) atoms. The van der Waals surface area contributed by atoms with Gasteiger partial charge in [0.2, 0.25) is 0 Å². The molecule has 3 rings (SSSR count). The van der Waals surface area contributed by atoms with Crippen LogP contribution in [0.4, 0.5) is 0 Å². The van der Waals surface area contributed by atoms with Gasteiger partial charge in [0.1, 0.15) is 18.5 Å². The van der Waals surface area contributed by atoms with E-state index >= 15 is 0 Å². The van der Waals surface area contributed by atoms with Crippen molar-refractivity contribution in [1.82, 2.24) is 0 Å². The van der Waals surface area contributed by atoms with Crippen molar-refractivity contribution in [2.24, 2.45) is 0 Å². The van der Waals surface area contributed by atoms with Gasteiger partial charge in [-0.15, -0.1) is 11.3 Å². The van der Waals surface area contributed by atoms with Gasteiger partial charge in [-0.3, -0.25) is 0 Å². The fraction of sp³-hybridized carbons (Fsp3) is 0.312. The summed E-state index contributed by atoms with van der Waals surface area (Å²) in [4.78, 5) is 12.0. The first kappa shape index (κ1) is 15.9. The molecule has 0 aliphatic heterocycles. The topological polar surface area (TPSA) is 107 Å². The monoisotopic (exact) mass is 336 g/mol. The fourth-order valence-electron chi connectivity index (χ4n) is 2.54. The van der Waals surface area contributed by atoms with E-state index in [9.17, 15) is 20.1 Å². The van der Waals surface area contributed by atoms with Crippen LogP contribution in [-0.2, 0) is 16.1 Å². The Hall–Kier alpha value is -1.93. The maximum Gasteiger partial charge on any atom is 0.340 e. The highest BCUT2D eigenvalue weighted by Gasteiger charge is 2.44. The SMILES string of the molecule is O=C(O)[C@]1(O)C=C(OCc2cc3ccccc3s2)[C@@H](O)[C@H](O)C1. The highest BCUT2D eigenvalue weighted by molar-refractivity contribution is 7.19. The van der Waals surface area contributed by atoms with Gasteiger partial charge in [-0.05, 0) is 23.6 Å².